The van der Waals surface area contributed by atoms with E-state index in [2.05, 4.69) is 25.6 Å². The van der Waals surface area contributed by atoms with Crippen LogP contribution >= 0.6 is 11.3 Å². The van der Waals surface area contributed by atoms with Crippen molar-refractivity contribution >= 4 is 39.5 Å². The lowest BCUT2D eigenvalue weighted by molar-refractivity contribution is 0.0295. The molecule has 4 heterocycles. The fraction of sp³-hybridized carbons (Fsp3) is 0.435. The molecule has 1 saturated heterocycles. The lowest BCUT2D eigenvalue weighted by Gasteiger charge is -2.23. The molecular weight excluding hydrogens is 459 g/mol. The van der Waals surface area contributed by atoms with Crippen molar-refractivity contribution in [2.45, 2.75) is 45.8 Å². The van der Waals surface area contributed by atoms with Gasteiger partial charge in [-0.2, -0.15) is 0 Å². The summed E-state index contributed by atoms with van der Waals surface area (Å²) in [6.07, 6.45) is 4.75. The second kappa shape index (κ2) is 11.2. The molecule has 9 nitrogen and oxygen atoms in total. The highest BCUT2D eigenvalue weighted by Gasteiger charge is 2.24. The Hall–Kier alpha value is -3.34. The molecule has 3 aromatic heterocycles. The number of anilines is 1. The third-order valence-electron chi connectivity index (χ3n) is 4.72. The molecule has 0 spiro atoms. The zero-order valence-electron chi connectivity index (χ0n) is 19.7. The molecule has 0 aliphatic carbocycles. The van der Waals surface area contributed by atoms with E-state index in [9.17, 15) is 14.0 Å². The molecule has 0 atom stereocenters. The number of rotatable bonds is 4. The van der Waals surface area contributed by atoms with Crippen LogP contribution in [0.2, 0.25) is 0 Å². The highest BCUT2D eigenvalue weighted by molar-refractivity contribution is 7.17. The van der Waals surface area contributed by atoms with Crippen LogP contribution in [0.5, 0.6) is 0 Å². The van der Waals surface area contributed by atoms with Gasteiger partial charge in [-0.25, -0.2) is 19.2 Å². The summed E-state index contributed by atoms with van der Waals surface area (Å²) >= 11 is 1.41. The monoisotopic (exact) mass is 488 g/mol. The number of pyridine rings is 1. The Bertz CT molecular complexity index is 1140. The molecule has 0 unspecified atom stereocenters. The van der Waals surface area contributed by atoms with Crippen LogP contribution in [0.1, 0.15) is 49.7 Å². The average molecular weight is 489 g/mol. The predicted molar refractivity (Wildman–Crippen MR) is 129 cm³/mol. The van der Waals surface area contributed by atoms with Gasteiger partial charge in [-0.05, 0) is 56.7 Å². The van der Waals surface area contributed by atoms with Crippen LogP contribution in [0.25, 0.3) is 10.2 Å². The van der Waals surface area contributed by atoms with E-state index in [4.69, 9.17) is 4.74 Å². The molecule has 1 fully saturated rings. The molecule has 0 radical (unpaired) electrons. The molecule has 0 bridgehead atoms. The Morgan fingerprint density at radius 1 is 1.21 bits per heavy atom. The van der Waals surface area contributed by atoms with Crippen LogP contribution < -0.4 is 10.6 Å². The van der Waals surface area contributed by atoms with E-state index in [1.54, 1.807) is 18.1 Å². The minimum Gasteiger partial charge on any atom is -0.444 e. The SMILES string of the molecule is CC(C)(C)OC(=O)N1CCCC1.CNC(=O)c1nc(NCc2cncc(F)c2)nc2ccsc12. The number of nitrogens with one attached hydrogen (secondary N) is 2. The van der Waals surface area contributed by atoms with Crippen LogP contribution in [0.3, 0.4) is 0 Å². The number of aromatic nitrogens is 3. The average Bonchev–Trinajstić information content (AvgIpc) is 3.48. The first kappa shape index (κ1) is 25.3. The normalized spacial score (nSPS) is 13.3. The molecule has 11 heteroatoms. The molecule has 0 aromatic carbocycles. The Labute approximate surface area is 201 Å². The van der Waals surface area contributed by atoms with Gasteiger partial charge < -0.3 is 20.3 Å². The van der Waals surface area contributed by atoms with Gasteiger partial charge in [0.15, 0.2) is 5.69 Å². The maximum atomic E-state index is 13.1. The summed E-state index contributed by atoms with van der Waals surface area (Å²) in [5.41, 5.74) is 1.32. The van der Waals surface area contributed by atoms with Crippen LogP contribution in [0, 0.1) is 5.82 Å². The number of carbonyl (C=O) groups excluding carboxylic acids is 2. The lowest BCUT2D eigenvalue weighted by atomic mass is 10.2. The van der Waals surface area contributed by atoms with E-state index >= 15 is 0 Å². The van der Waals surface area contributed by atoms with Crippen molar-refractivity contribution in [3.8, 4) is 0 Å². The minimum absolute atomic E-state index is 0.167. The number of amides is 2. The van der Waals surface area contributed by atoms with Gasteiger partial charge in [0.05, 0.1) is 16.4 Å². The van der Waals surface area contributed by atoms with Gasteiger partial charge in [0.1, 0.15) is 11.4 Å². The Morgan fingerprint density at radius 3 is 2.59 bits per heavy atom. The predicted octanol–water partition coefficient (Wildman–Crippen LogP) is 4.21. The Morgan fingerprint density at radius 2 is 1.94 bits per heavy atom. The zero-order chi connectivity index (χ0) is 24.7. The largest absolute Gasteiger partial charge is 0.444 e. The number of nitrogens with zero attached hydrogens (tertiary/aromatic N) is 4. The van der Waals surface area contributed by atoms with Crippen molar-refractivity contribution in [2.24, 2.45) is 0 Å². The highest BCUT2D eigenvalue weighted by atomic mass is 32.1. The van der Waals surface area contributed by atoms with Gasteiger partial charge >= 0.3 is 6.09 Å². The van der Waals surface area contributed by atoms with Gasteiger partial charge in [-0.1, -0.05) is 0 Å². The van der Waals surface area contributed by atoms with Crippen molar-refractivity contribution in [3.05, 3.63) is 47.0 Å². The van der Waals surface area contributed by atoms with E-state index in [1.165, 1.54) is 17.4 Å². The van der Waals surface area contributed by atoms with E-state index in [-0.39, 0.29) is 17.6 Å². The first-order chi connectivity index (χ1) is 16.2. The molecule has 2 amide bonds. The molecule has 1 aliphatic rings. The zero-order valence-corrected chi connectivity index (χ0v) is 20.5. The standard InChI is InChI=1S/C14H12FN5OS.C9H17NO2/c1-16-13(21)11-12-10(2-3-22-12)19-14(20-11)18-6-8-4-9(15)7-17-5-8;1-9(2,3)12-8(11)10-6-4-5-7-10/h2-5,7H,6H2,1H3,(H,16,21)(H,18,19,20);4-7H2,1-3H3. The van der Waals surface area contributed by atoms with Crippen molar-refractivity contribution in [1.82, 2.24) is 25.2 Å². The molecule has 34 heavy (non-hydrogen) atoms. The third-order valence-corrected chi connectivity index (χ3v) is 5.63. The summed E-state index contributed by atoms with van der Waals surface area (Å²) in [6.45, 7) is 7.69. The summed E-state index contributed by atoms with van der Waals surface area (Å²) in [5.74, 6) is -0.362. The van der Waals surface area contributed by atoms with E-state index < -0.39 is 5.82 Å². The number of carbonyl (C=O) groups is 2. The molecule has 1 aliphatic heterocycles. The minimum atomic E-state index is -0.403. The first-order valence-corrected chi connectivity index (χ1v) is 11.8. The molecular formula is C23H29FN6O3S. The summed E-state index contributed by atoms with van der Waals surface area (Å²) in [6, 6.07) is 3.20. The van der Waals surface area contributed by atoms with Crippen LogP contribution in [-0.4, -0.2) is 57.6 Å². The smallest absolute Gasteiger partial charge is 0.410 e. The van der Waals surface area contributed by atoms with Crippen LogP contribution in [0.4, 0.5) is 15.1 Å². The van der Waals surface area contributed by atoms with E-state index in [0.717, 1.165) is 36.8 Å². The van der Waals surface area contributed by atoms with Crippen molar-refractivity contribution in [1.29, 1.82) is 0 Å². The van der Waals surface area contributed by atoms with Crippen molar-refractivity contribution in [3.63, 3.8) is 0 Å². The van der Waals surface area contributed by atoms with Gasteiger partial charge in [-0.15, -0.1) is 11.3 Å². The maximum absolute atomic E-state index is 13.1. The second-order valence-corrected chi connectivity index (χ2v) is 9.57. The lowest BCUT2D eigenvalue weighted by Crippen LogP contribution is -2.34. The number of halogens is 1. The van der Waals surface area contributed by atoms with E-state index in [0.29, 0.717) is 29.3 Å². The third kappa shape index (κ3) is 7.08. The fourth-order valence-corrected chi connectivity index (χ4v) is 3.99. The highest BCUT2D eigenvalue weighted by Crippen LogP contribution is 2.23. The number of ether oxygens (including phenoxy) is 1. The summed E-state index contributed by atoms with van der Waals surface area (Å²) in [7, 11) is 1.55. The van der Waals surface area contributed by atoms with E-state index in [1.807, 2.05) is 32.2 Å². The summed E-state index contributed by atoms with van der Waals surface area (Å²) < 4.78 is 19.0. The number of hydrogen-bond acceptors (Lipinski definition) is 8. The Kier molecular flexibility index (Phi) is 8.32. The topological polar surface area (TPSA) is 109 Å². The number of likely N-dealkylation sites (tertiary alicyclic amines) is 1. The van der Waals surface area contributed by atoms with Gasteiger partial charge in [0.25, 0.3) is 5.91 Å². The molecule has 2 N–H and O–H groups in total. The molecule has 4 rings (SSSR count). The summed E-state index contributed by atoms with van der Waals surface area (Å²) in [5, 5.41) is 7.40. The molecule has 182 valence electrons. The fourth-order valence-electron chi connectivity index (χ4n) is 3.17. The molecule has 3 aromatic rings. The van der Waals surface area contributed by atoms with Crippen molar-refractivity contribution < 1.29 is 18.7 Å². The summed E-state index contributed by atoms with van der Waals surface area (Å²) in [4.78, 5) is 37.4. The number of fused-ring (bicyclic) bond motifs is 1. The number of thiophene rings is 1. The maximum Gasteiger partial charge on any atom is 0.410 e. The second-order valence-electron chi connectivity index (χ2n) is 8.65. The van der Waals surface area contributed by atoms with Gasteiger partial charge in [-0.3, -0.25) is 9.78 Å². The van der Waals surface area contributed by atoms with Gasteiger partial charge in [0.2, 0.25) is 5.95 Å². The first-order valence-electron chi connectivity index (χ1n) is 10.9. The molecule has 0 saturated carbocycles. The van der Waals surface area contributed by atoms with Crippen molar-refractivity contribution in [2.75, 3.05) is 25.5 Å². The van der Waals surface area contributed by atoms with Crippen LogP contribution in [-0.2, 0) is 11.3 Å². The Balaban J connectivity index is 0.000000229. The number of hydrogen-bond donors (Lipinski definition) is 2. The van der Waals surface area contributed by atoms with Crippen LogP contribution in [0.15, 0.2) is 29.9 Å². The van der Waals surface area contributed by atoms with Gasteiger partial charge in [0, 0.05) is 32.9 Å². The quantitative estimate of drug-likeness (QED) is 0.566.